The molecule has 1 aliphatic rings. The third-order valence-electron chi connectivity index (χ3n) is 4.32. The molecular formula is C18H18BrClN2. The quantitative estimate of drug-likeness (QED) is 0.591. The number of nitrogens with zero attached hydrogens (tertiary/aromatic N) is 2. The van der Waals surface area contributed by atoms with Crippen LogP contribution in [0.5, 0.6) is 0 Å². The lowest BCUT2D eigenvalue weighted by molar-refractivity contribution is 0.311. The summed E-state index contributed by atoms with van der Waals surface area (Å²) >= 11 is 3.62. The van der Waals surface area contributed by atoms with Crippen LogP contribution in [0.15, 0.2) is 53.0 Å². The van der Waals surface area contributed by atoms with Gasteiger partial charge < -0.3 is 9.47 Å². The molecule has 0 bridgehead atoms. The highest BCUT2D eigenvalue weighted by Crippen LogP contribution is 2.34. The fourth-order valence-electron chi connectivity index (χ4n) is 3.34. The predicted octanol–water partition coefficient (Wildman–Crippen LogP) is 4.80. The molecule has 0 N–H and O–H groups in total. The van der Waals surface area contributed by atoms with E-state index in [0.29, 0.717) is 0 Å². The average molecular weight is 378 g/mol. The second kappa shape index (κ2) is 6.07. The van der Waals surface area contributed by atoms with Gasteiger partial charge in [-0.05, 0) is 42.9 Å². The Labute approximate surface area is 145 Å². The summed E-state index contributed by atoms with van der Waals surface area (Å²) in [6.45, 7) is 2.15. The van der Waals surface area contributed by atoms with Gasteiger partial charge in [0.1, 0.15) is 0 Å². The molecule has 2 nitrogen and oxygen atoms in total. The van der Waals surface area contributed by atoms with Crippen molar-refractivity contribution in [3.8, 4) is 5.69 Å². The standard InChI is InChI=1S/C18H17BrN2.ClH/c1-20-10-9-18-16(12-20)15-11-13(19)7-8-17(15)21(18)14-5-3-2-4-6-14;/h2-8,11H,9-10,12H2,1H3;1H. The molecule has 0 amide bonds. The third-order valence-corrected chi connectivity index (χ3v) is 4.81. The lowest BCUT2D eigenvalue weighted by Crippen LogP contribution is -2.27. The summed E-state index contributed by atoms with van der Waals surface area (Å²) < 4.78 is 3.58. The molecule has 1 aromatic heterocycles. The summed E-state index contributed by atoms with van der Waals surface area (Å²) in [5, 5.41) is 1.37. The topological polar surface area (TPSA) is 8.17 Å². The molecule has 0 spiro atoms. The zero-order chi connectivity index (χ0) is 14.4. The summed E-state index contributed by atoms with van der Waals surface area (Å²) in [5.74, 6) is 0. The van der Waals surface area contributed by atoms with Crippen molar-refractivity contribution in [2.45, 2.75) is 13.0 Å². The summed E-state index contributed by atoms with van der Waals surface area (Å²) in [6, 6.07) is 17.3. The number of aromatic nitrogens is 1. The Bertz CT molecular complexity index is 811. The molecule has 0 fully saturated rings. The molecule has 0 saturated carbocycles. The first-order chi connectivity index (χ1) is 10.2. The van der Waals surface area contributed by atoms with Crippen LogP contribution < -0.4 is 0 Å². The monoisotopic (exact) mass is 376 g/mol. The van der Waals surface area contributed by atoms with Crippen molar-refractivity contribution in [2.75, 3.05) is 13.6 Å². The first-order valence-electron chi connectivity index (χ1n) is 7.30. The van der Waals surface area contributed by atoms with Crippen LogP contribution in [-0.4, -0.2) is 23.1 Å². The summed E-state index contributed by atoms with van der Waals surface area (Å²) in [7, 11) is 2.20. The molecule has 4 heteroatoms. The Hall–Kier alpha value is -1.29. The van der Waals surface area contributed by atoms with Crippen molar-refractivity contribution in [3.63, 3.8) is 0 Å². The molecule has 3 aromatic rings. The van der Waals surface area contributed by atoms with Crippen LogP contribution in [0.25, 0.3) is 16.6 Å². The third kappa shape index (κ3) is 2.47. The highest BCUT2D eigenvalue weighted by molar-refractivity contribution is 9.10. The van der Waals surface area contributed by atoms with E-state index in [9.17, 15) is 0 Å². The van der Waals surface area contributed by atoms with E-state index >= 15 is 0 Å². The second-order valence-corrected chi connectivity index (χ2v) is 6.66. The van der Waals surface area contributed by atoms with E-state index in [0.717, 1.165) is 24.0 Å². The van der Waals surface area contributed by atoms with Crippen molar-refractivity contribution in [1.82, 2.24) is 9.47 Å². The summed E-state index contributed by atoms with van der Waals surface area (Å²) in [5.41, 5.74) is 5.51. The van der Waals surface area contributed by atoms with E-state index in [1.54, 1.807) is 0 Å². The maximum Gasteiger partial charge on any atom is 0.0535 e. The summed E-state index contributed by atoms with van der Waals surface area (Å²) in [6.07, 6.45) is 1.10. The fourth-order valence-corrected chi connectivity index (χ4v) is 3.70. The van der Waals surface area contributed by atoms with Crippen LogP contribution in [0.4, 0.5) is 0 Å². The van der Waals surface area contributed by atoms with Gasteiger partial charge in [-0.1, -0.05) is 34.1 Å². The lowest BCUT2D eigenvalue weighted by Gasteiger charge is -2.24. The van der Waals surface area contributed by atoms with Crippen molar-refractivity contribution < 1.29 is 0 Å². The number of fused-ring (bicyclic) bond motifs is 3. The molecule has 0 aliphatic carbocycles. The van der Waals surface area contributed by atoms with Gasteiger partial charge in [0.15, 0.2) is 0 Å². The highest BCUT2D eigenvalue weighted by Gasteiger charge is 2.22. The molecule has 0 atom stereocenters. The molecule has 0 radical (unpaired) electrons. The Kier molecular flexibility index (Phi) is 4.31. The van der Waals surface area contributed by atoms with Gasteiger partial charge in [0, 0.05) is 40.8 Å². The van der Waals surface area contributed by atoms with E-state index in [4.69, 9.17) is 0 Å². The van der Waals surface area contributed by atoms with E-state index in [1.165, 1.54) is 27.8 Å². The van der Waals surface area contributed by atoms with E-state index < -0.39 is 0 Å². The van der Waals surface area contributed by atoms with E-state index in [2.05, 4.69) is 81.0 Å². The van der Waals surface area contributed by atoms with Crippen molar-refractivity contribution in [3.05, 3.63) is 64.3 Å². The number of hydrogen-bond acceptors (Lipinski definition) is 1. The molecule has 2 heterocycles. The Balaban J connectivity index is 0.00000144. The Morgan fingerprint density at radius 1 is 1.05 bits per heavy atom. The van der Waals surface area contributed by atoms with Crippen LogP contribution in [0.2, 0.25) is 0 Å². The first-order valence-corrected chi connectivity index (χ1v) is 8.09. The van der Waals surface area contributed by atoms with Gasteiger partial charge in [0.05, 0.1) is 5.52 Å². The smallest absolute Gasteiger partial charge is 0.0535 e. The van der Waals surface area contributed by atoms with Gasteiger partial charge in [0.2, 0.25) is 0 Å². The second-order valence-electron chi connectivity index (χ2n) is 5.75. The molecule has 2 aromatic carbocycles. The lowest BCUT2D eigenvalue weighted by atomic mass is 10.1. The van der Waals surface area contributed by atoms with Gasteiger partial charge in [-0.2, -0.15) is 0 Å². The van der Waals surface area contributed by atoms with Gasteiger partial charge in [-0.25, -0.2) is 0 Å². The van der Waals surface area contributed by atoms with Crippen molar-refractivity contribution in [1.29, 1.82) is 0 Å². The van der Waals surface area contributed by atoms with Crippen LogP contribution in [0.1, 0.15) is 11.3 Å². The Morgan fingerprint density at radius 3 is 2.59 bits per heavy atom. The van der Waals surface area contributed by atoms with Crippen LogP contribution in [0, 0.1) is 0 Å². The maximum absolute atomic E-state index is 3.62. The van der Waals surface area contributed by atoms with Crippen LogP contribution in [-0.2, 0) is 13.0 Å². The number of benzene rings is 2. The predicted molar refractivity (Wildman–Crippen MR) is 98.3 cm³/mol. The molecular weight excluding hydrogens is 360 g/mol. The molecule has 4 rings (SSSR count). The van der Waals surface area contributed by atoms with E-state index in [-0.39, 0.29) is 12.4 Å². The molecule has 22 heavy (non-hydrogen) atoms. The minimum absolute atomic E-state index is 0. The maximum atomic E-state index is 3.62. The largest absolute Gasteiger partial charge is 0.313 e. The van der Waals surface area contributed by atoms with E-state index in [1.807, 2.05) is 0 Å². The number of hydrogen-bond donors (Lipinski definition) is 0. The van der Waals surface area contributed by atoms with Crippen LogP contribution >= 0.6 is 28.3 Å². The highest BCUT2D eigenvalue weighted by atomic mass is 79.9. The fraction of sp³-hybridized carbons (Fsp3) is 0.222. The molecule has 114 valence electrons. The minimum Gasteiger partial charge on any atom is -0.313 e. The van der Waals surface area contributed by atoms with Gasteiger partial charge in [0.25, 0.3) is 0 Å². The number of likely N-dealkylation sites (N-methyl/N-ethyl adjacent to an activating group) is 1. The molecule has 0 unspecified atom stereocenters. The zero-order valence-corrected chi connectivity index (χ0v) is 14.8. The van der Waals surface area contributed by atoms with Gasteiger partial charge >= 0.3 is 0 Å². The van der Waals surface area contributed by atoms with Crippen molar-refractivity contribution >= 4 is 39.2 Å². The summed E-state index contributed by atoms with van der Waals surface area (Å²) in [4.78, 5) is 2.40. The van der Waals surface area contributed by atoms with Gasteiger partial charge in [-0.3, -0.25) is 0 Å². The zero-order valence-electron chi connectivity index (χ0n) is 12.4. The molecule has 1 aliphatic heterocycles. The minimum atomic E-state index is 0. The normalized spacial score (nSPS) is 14.6. The molecule has 0 saturated heterocycles. The average Bonchev–Trinajstić information content (AvgIpc) is 2.81. The number of para-hydroxylation sites is 1. The van der Waals surface area contributed by atoms with Gasteiger partial charge in [-0.15, -0.1) is 12.4 Å². The number of rotatable bonds is 1. The SMILES string of the molecule is CN1CCc2c(c3cc(Br)ccc3n2-c2ccccc2)C1.Cl. The van der Waals surface area contributed by atoms with Crippen molar-refractivity contribution in [2.24, 2.45) is 0 Å². The van der Waals surface area contributed by atoms with Crippen LogP contribution in [0.3, 0.4) is 0 Å². The first kappa shape index (κ1) is 15.6. The Morgan fingerprint density at radius 2 is 1.82 bits per heavy atom. The number of halogens is 2.